The first kappa shape index (κ1) is 22.6. The van der Waals surface area contributed by atoms with Gasteiger partial charge in [-0.25, -0.2) is 9.24 Å². The number of hydrogen-bond donors (Lipinski definition) is 0. The van der Waals surface area contributed by atoms with Crippen LogP contribution >= 0.6 is 11.6 Å². The molecule has 0 bridgehead atoms. The van der Waals surface area contributed by atoms with E-state index in [0.717, 1.165) is 49.3 Å². The smallest absolute Gasteiger partial charge is 0.278 e. The fourth-order valence-corrected chi connectivity index (χ4v) is 5.02. The first-order valence-corrected chi connectivity index (χ1v) is 11.8. The molecule has 0 saturated carbocycles. The molecule has 2 aliphatic heterocycles. The standard InChI is InChI=1S/C27H25ClFN3O2/c1-17-13-20(30-3)15-31-24(17)16-32-11-9-18(10-12-32)21-5-4-6-25-26(21)34-27(2,33-25)22-8-7-19(28)14-23(22)29/h4-8,13-15,18H,9-12,16H2,1-2H3. The monoisotopic (exact) mass is 477 g/mol. The number of para-hydroxylation sites is 1. The molecule has 1 saturated heterocycles. The second-order valence-electron chi connectivity index (χ2n) is 9.07. The highest BCUT2D eigenvalue weighted by atomic mass is 35.5. The summed E-state index contributed by atoms with van der Waals surface area (Å²) in [5.74, 6) is -0.0348. The van der Waals surface area contributed by atoms with Gasteiger partial charge in [0.15, 0.2) is 11.5 Å². The maximum absolute atomic E-state index is 14.6. The first-order chi connectivity index (χ1) is 16.4. The van der Waals surface area contributed by atoms with E-state index in [0.29, 0.717) is 33.7 Å². The van der Waals surface area contributed by atoms with E-state index in [9.17, 15) is 4.39 Å². The number of aryl methyl sites for hydroxylation is 1. The third-order valence-corrected chi connectivity index (χ3v) is 6.97. The Morgan fingerprint density at radius 1 is 1.21 bits per heavy atom. The van der Waals surface area contributed by atoms with Crippen molar-refractivity contribution in [2.75, 3.05) is 13.1 Å². The second kappa shape index (κ2) is 8.90. The Bertz CT molecular complexity index is 1280. The minimum absolute atomic E-state index is 0.320. The van der Waals surface area contributed by atoms with E-state index in [1.54, 1.807) is 25.3 Å². The largest absolute Gasteiger partial charge is 0.444 e. The molecule has 174 valence electrons. The third kappa shape index (κ3) is 4.22. The minimum atomic E-state index is -1.24. The Kier molecular flexibility index (Phi) is 5.93. The van der Waals surface area contributed by atoms with Crippen molar-refractivity contribution in [3.63, 3.8) is 0 Å². The molecule has 2 aromatic carbocycles. The number of halogens is 2. The summed E-state index contributed by atoms with van der Waals surface area (Å²) in [4.78, 5) is 10.3. The summed E-state index contributed by atoms with van der Waals surface area (Å²) in [7, 11) is 0. The maximum atomic E-state index is 14.6. The molecule has 1 fully saturated rings. The van der Waals surface area contributed by atoms with Crippen molar-refractivity contribution in [2.24, 2.45) is 0 Å². The summed E-state index contributed by atoms with van der Waals surface area (Å²) in [5, 5.41) is 0.334. The van der Waals surface area contributed by atoms with Crippen LogP contribution in [0.5, 0.6) is 11.5 Å². The van der Waals surface area contributed by atoms with Crippen LogP contribution < -0.4 is 9.47 Å². The van der Waals surface area contributed by atoms with Gasteiger partial charge in [-0.3, -0.25) is 9.88 Å². The number of likely N-dealkylation sites (tertiary alicyclic amines) is 1. The Labute approximate surface area is 203 Å². The summed E-state index contributed by atoms with van der Waals surface area (Å²) >= 11 is 5.93. The zero-order valence-corrected chi connectivity index (χ0v) is 19.9. The summed E-state index contributed by atoms with van der Waals surface area (Å²) in [6, 6.07) is 12.4. The van der Waals surface area contributed by atoms with Gasteiger partial charge in [0.25, 0.3) is 5.79 Å². The van der Waals surface area contributed by atoms with Gasteiger partial charge < -0.3 is 9.47 Å². The second-order valence-corrected chi connectivity index (χ2v) is 9.50. The van der Waals surface area contributed by atoms with E-state index in [4.69, 9.17) is 27.6 Å². The molecule has 1 atom stereocenters. The SMILES string of the molecule is [C-]#[N+]c1cnc(CN2CCC(c3cccc4c3OC(C)(c3ccc(Cl)cc3F)O4)CC2)c(C)c1. The third-order valence-electron chi connectivity index (χ3n) is 6.73. The van der Waals surface area contributed by atoms with Crippen molar-refractivity contribution in [3.8, 4) is 11.5 Å². The van der Waals surface area contributed by atoms with Crippen LogP contribution in [0.25, 0.3) is 4.85 Å². The molecule has 7 heteroatoms. The number of hydrogen-bond acceptors (Lipinski definition) is 4. The predicted octanol–water partition coefficient (Wildman–Crippen LogP) is 6.76. The number of nitrogens with zero attached hydrogens (tertiary/aromatic N) is 3. The van der Waals surface area contributed by atoms with E-state index < -0.39 is 11.6 Å². The first-order valence-electron chi connectivity index (χ1n) is 11.4. The molecular formula is C27H25ClFN3O2. The highest BCUT2D eigenvalue weighted by Crippen LogP contribution is 2.49. The normalized spacial score (nSPS) is 20.3. The number of fused-ring (bicyclic) bond motifs is 1. The van der Waals surface area contributed by atoms with E-state index in [2.05, 4.69) is 20.8 Å². The van der Waals surface area contributed by atoms with Gasteiger partial charge >= 0.3 is 0 Å². The summed E-state index contributed by atoms with van der Waals surface area (Å²) in [6.45, 7) is 13.5. The van der Waals surface area contributed by atoms with Crippen LogP contribution in [-0.2, 0) is 12.3 Å². The van der Waals surface area contributed by atoms with Crippen LogP contribution in [0.15, 0.2) is 48.7 Å². The number of pyridine rings is 1. The molecule has 0 amide bonds. The van der Waals surface area contributed by atoms with Crippen LogP contribution in [0.2, 0.25) is 5.02 Å². The Morgan fingerprint density at radius 3 is 2.71 bits per heavy atom. The van der Waals surface area contributed by atoms with Crippen LogP contribution in [0.4, 0.5) is 10.1 Å². The minimum Gasteiger partial charge on any atom is -0.444 e. The highest BCUT2D eigenvalue weighted by molar-refractivity contribution is 6.30. The van der Waals surface area contributed by atoms with Gasteiger partial charge in [-0.2, -0.15) is 0 Å². The fourth-order valence-electron chi connectivity index (χ4n) is 4.87. The molecule has 1 aromatic heterocycles. The van der Waals surface area contributed by atoms with Crippen molar-refractivity contribution in [2.45, 2.75) is 44.9 Å². The molecule has 0 aliphatic carbocycles. The van der Waals surface area contributed by atoms with E-state index in [-0.39, 0.29) is 0 Å². The average molecular weight is 478 g/mol. The number of rotatable bonds is 4. The van der Waals surface area contributed by atoms with Crippen molar-refractivity contribution >= 4 is 17.3 Å². The van der Waals surface area contributed by atoms with Gasteiger partial charge in [0.2, 0.25) is 5.69 Å². The fraction of sp³-hybridized carbons (Fsp3) is 0.333. The molecule has 5 rings (SSSR count). The molecule has 0 spiro atoms. The van der Waals surface area contributed by atoms with Gasteiger partial charge in [0.05, 0.1) is 17.8 Å². The molecule has 34 heavy (non-hydrogen) atoms. The average Bonchev–Trinajstić information content (AvgIpc) is 3.18. The summed E-state index contributed by atoms with van der Waals surface area (Å²) in [6.07, 6.45) is 3.60. The van der Waals surface area contributed by atoms with Crippen molar-refractivity contribution < 1.29 is 13.9 Å². The molecule has 0 N–H and O–H groups in total. The van der Waals surface area contributed by atoms with Crippen LogP contribution in [-0.4, -0.2) is 23.0 Å². The number of ether oxygens (including phenoxy) is 2. The predicted molar refractivity (Wildman–Crippen MR) is 129 cm³/mol. The molecule has 2 aliphatic rings. The molecule has 1 unspecified atom stereocenters. The lowest BCUT2D eigenvalue weighted by atomic mass is 9.88. The van der Waals surface area contributed by atoms with Crippen molar-refractivity contribution in [1.29, 1.82) is 0 Å². The van der Waals surface area contributed by atoms with Gasteiger partial charge in [0, 0.05) is 30.3 Å². The zero-order valence-electron chi connectivity index (χ0n) is 19.1. The van der Waals surface area contributed by atoms with E-state index in [1.807, 2.05) is 25.1 Å². The van der Waals surface area contributed by atoms with Crippen LogP contribution in [0.1, 0.15) is 48.1 Å². The van der Waals surface area contributed by atoms with Crippen molar-refractivity contribution in [1.82, 2.24) is 9.88 Å². The summed E-state index contributed by atoms with van der Waals surface area (Å²) in [5.41, 5.74) is 4.07. The quantitative estimate of drug-likeness (QED) is 0.389. The lowest BCUT2D eigenvalue weighted by Gasteiger charge is -2.32. The highest BCUT2D eigenvalue weighted by Gasteiger charge is 2.42. The lowest BCUT2D eigenvalue weighted by Crippen LogP contribution is -2.34. The van der Waals surface area contributed by atoms with E-state index >= 15 is 0 Å². The number of aromatic nitrogens is 1. The Morgan fingerprint density at radius 2 is 2.00 bits per heavy atom. The molecular weight excluding hydrogens is 453 g/mol. The maximum Gasteiger partial charge on any atom is 0.278 e. The topological polar surface area (TPSA) is 39.0 Å². The Balaban J connectivity index is 1.30. The summed E-state index contributed by atoms with van der Waals surface area (Å²) < 4.78 is 27.1. The van der Waals surface area contributed by atoms with E-state index in [1.165, 1.54) is 6.07 Å². The van der Waals surface area contributed by atoms with Crippen LogP contribution in [0, 0.1) is 19.3 Å². The zero-order chi connectivity index (χ0) is 23.9. The van der Waals surface area contributed by atoms with Gasteiger partial charge in [-0.15, -0.1) is 0 Å². The molecule has 3 aromatic rings. The molecule has 0 radical (unpaired) electrons. The lowest BCUT2D eigenvalue weighted by molar-refractivity contribution is -0.0712. The Hall–Kier alpha value is -3.14. The number of benzene rings is 2. The number of piperidine rings is 1. The van der Waals surface area contributed by atoms with Crippen molar-refractivity contribution in [3.05, 3.63) is 93.3 Å². The van der Waals surface area contributed by atoms with Crippen LogP contribution in [0.3, 0.4) is 0 Å². The molecule has 3 heterocycles. The molecule has 5 nitrogen and oxygen atoms in total. The van der Waals surface area contributed by atoms with Gasteiger partial charge in [-0.05, 0) is 68.6 Å². The van der Waals surface area contributed by atoms with Gasteiger partial charge in [0.1, 0.15) is 5.82 Å². The van der Waals surface area contributed by atoms with Gasteiger partial charge in [-0.1, -0.05) is 29.8 Å².